The minimum absolute atomic E-state index is 0. The van der Waals surface area contributed by atoms with Gasteiger partial charge in [-0.3, -0.25) is 0 Å². The van der Waals surface area contributed by atoms with Crippen LogP contribution in [0.25, 0.3) is 33.3 Å². The maximum Gasteiger partial charge on any atom is 0.131 e. The summed E-state index contributed by atoms with van der Waals surface area (Å²) in [6.07, 6.45) is 0. The molecular formula is C22H13Cl2FN2. The normalized spacial score (nSPS) is 10.3. The van der Waals surface area contributed by atoms with Gasteiger partial charge in [-0.25, -0.2) is 9.37 Å². The number of aromatic nitrogens is 1. The van der Waals surface area contributed by atoms with Crippen LogP contribution in [-0.4, -0.2) is 4.98 Å². The number of hydrogen-bond acceptors (Lipinski definition) is 2. The number of fused-ring (bicyclic) bond motifs is 1. The molecule has 0 bridgehead atoms. The average molecular weight is 395 g/mol. The van der Waals surface area contributed by atoms with Crippen LogP contribution in [0, 0.1) is 17.1 Å². The van der Waals surface area contributed by atoms with E-state index in [2.05, 4.69) is 6.07 Å². The molecule has 0 radical (unpaired) electrons. The highest BCUT2D eigenvalue weighted by Crippen LogP contribution is 2.34. The summed E-state index contributed by atoms with van der Waals surface area (Å²) in [6.45, 7) is 0. The van der Waals surface area contributed by atoms with Gasteiger partial charge in [0.25, 0.3) is 0 Å². The first-order valence-corrected chi connectivity index (χ1v) is 8.39. The largest absolute Gasteiger partial charge is 0.248 e. The predicted octanol–water partition coefficient (Wildman–Crippen LogP) is 6.65. The summed E-state index contributed by atoms with van der Waals surface area (Å²) >= 11 is 6.16. The molecule has 0 aliphatic carbocycles. The van der Waals surface area contributed by atoms with E-state index in [1.54, 1.807) is 42.5 Å². The van der Waals surface area contributed by atoms with Crippen LogP contribution >= 0.6 is 24.0 Å². The Kier molecular flexibility index (Phi) is 5.41. The van der Waals surface area contributed by atoms with Gasteiger partial charge in [0.1, 0.15) is 5.82 Å². The van der Waals surface area contributed by atoms with Gasteiger partial charge >= 0.3 is 0 Å². The van der Waals surface area contributed by atoms with Crippen molar-refractivity contribution in [3.05, 3.63) is 89.2 Å². The van der Waals surface area contributed by atoms with Crippen LogP contribution in [-0.2, 0) is 0 Å². The Labute approximate surface area is 167 Å². The first kappa shape index (κ1) is 18.8. The fraction of sp³-hybridized carbons (Fsp3) is 0. The molecule has 1 heterocycles. The van der Waals surface area contributed by atoms with Crippen LogP contribution in [0.1, 0.15) is 5.56 Å². The third-order valence-corrected chi connectivity index (χ3v) is 4.48. The third-order valence-electron chi connectivity index (χ3n) is 4.24. The molecule has 4 aromatic rings. The Morgan fingerprint density at radius 3 is 2.33 bits per heavy atom. The van der Waals surface area contributed by atoms with E-state index in [1.807, 2.05) is 24.3 Å². The molecule has 0 aliphatic rings. The van der Waals surface area contributed by atoms with Crippen LogP contribution in [0.5, 0.6) is 0 Å². The summed E-state index contributed by atoms with van der Waals surface area (Å²) in [6, 6.07) is 23.2. The van der Waals surface area contributed by atoms with Crippen LogP contribution in [0.2, 0.25) is 5.02 Å². The topological polar surface area (TPSA) is 36.7 Å². The molecule has 0 N–H and O–H groups in total. The highest BCUT2D eigenvalue weighted by atomic mass is 35.5. The molecule has 0 amide bonds. The minimum atomic E-state index is -0.300. The molecule has 0 atom stereocenters. The molecule has 4 rings (SSSR count). The lowest BCUT2D eigenvalue weighted by molar-refractivity contribution is 0.631. The van der Waals surface area contributed by atoms with Gasteiger partial charge < -0.3 is 0 Å². The van der Waals surface area contributed by atoms with Gasteiger partial charge in [0.15, 0.2) is 0 Å². The van der Waals surface area contributed by atoms with Crippen LogP contribution in [0.4, 0.5) is 4.39 Å². The molecule has 27 heavy (non-hydrogen) atoms. The van der Waals surface area contributed by atoms with Gasteiger partial charge in [0.2, 0.25) is 0 Å². The fourth-order valence-electron chi connectivity index (χ4n) is 2.96. The molecule has 0 saturated heterocycles. The summed E-state index contributed by atoms with van der Waals surface area (Å²) in [5.74, 6) is -0.300. The summed E-state index contributed by atoms with van der Waals surface area (Å²) in [5, 5.41) is 10.3. The zero-order valence-corrected chi connectivity index (χ0v) is 15.6. The summed E-state index contributed by atoms with van der Waals surface area (Å²) in [4.78, 5) is 4.69. The molecule has 0 saturated carbocycles. The van der Waals surface area contributed by atoms with Crippen LogP contribution in [0.15, 0.2) is 72.8 Å². The molecule has 5 heteroatoms. The molecule has 132 valence electrons. The number of hydrogen-bond donors (Lipinski definition) is 0. The highest BCUT2D eigenvalue weighted by Gasteiger charge is 2.13. The smallest absolute Gasteiger partial charge is 0.131 e. The number of nitriles is 1. The zero-order chi connectivity index (χ0) is 18.1. The second kappa shape index (κ2) is 7.75. The van der Waals surface area contributed by atoms with Gasteiger partial charge in [-0.15, -0.1) is 12.4 Å². The fourth-order valence-corrected chi connectivity index (χ4v) is 3.14. The SMILES string of the molecule is Cl.N#Cc1ccc(-c2cc(-c3ccccc3F)c3cc(Cl)ccc3n2)cc1. The molecule has 1 aromatic heterocycles. The van der Waals surface area contributed by atoms with Crippen molar-refractivity contribution in [2.45, 2.75) is 0 Å². The average Bonchev–Trinajstić information content (AvgIpc) is 2.68. The quantitative estimate of drug-likeness (QED) is 0.381. The minimum Gasteiger partial charge on any atom is -0.248 e. The van der Waals surface area contributed by atoms with Gasteiger partial charge in [-0.05, 0) is 48.0 Å². The summed E-state index contributed by atoms with van der Waals surface area (Å²) in [7, 11) is 0. The van der Waals surface area contributed by atoms with E-state index < -0.39 is 0 Å². The number of halogens is 3. The Hall–Kier alpha value is -2.93. The standard InChI is InChI=1S/C22H12ClFN2.ClH/c23-16-9-10-21-19(11-16)18(17-3-1-2-4-20(17)24)12-22(26-21)15-7-5-14(13-25)6-8-15;/h1-12H;1H. The predicted molar refractivity (Wildman–Crippen MR) is 110 cm³/mol. The van der Waals surface area contributed by atoms with Crippen molar-refractivity contribution in [1.82, 2.24) is 4.98 Å². The van der Waals surface area contributed by atoms with E-state index in [4.69, 9.17) is 21.8 Å². The third kappa shape index (κ3) is 3.64. The van der Waals surface area contributed by atoms with Gasteiger partial charge in [0, 0.05) is 21.5 Å². The molecule has 0 spiro atoms. The van der Waals surface area contributed by atoms with E-state index in [-0.39, 0.29) is 18.2 Å². The first-order valence-electron chi connectivity index (χ1n) is 8.01. The summed E-state index contributed by atoms with van der Waals surface area (Å²) < 4.78 is 14.4. The van der Waals surface area contributed by atoms with E-state index in [1.165, 1.54) is 6.07 Å². The van der Waals surface area contributed by atoms with Crippen molar-refractivity contribution < 1.29 is 4.39 Å². The van der Waals surface area contributed by atoms with Crippen molar-refractivity contribution in [3.8, 4) is 28.5 Å². The van der Waals surface area contributed by atoms with Gasteiger partial charge in [0.05, 0.1) is 22.8 Å². The molecule has 0 unspecified atom stereocenters. The Morgan fingerprint density at radius 2 is 1.63 bits per heavy atom. The Morgan fingerprint density at radius 1 is 0.889 bits per heavy atom. The van der Waals surface area contributed by atoms with E-state index >= 15 is 0 Å². The summed E-state index contributed by atoms with van der Waals surface area (Å²) in [5.41, 5.74) is 4.11. The van der Waals surface area contributed by atoms with Gasteiger partial charge in [-0.2, -0.15) is 5.26 Å². The number of nitrogens with zero attached hydrogens (tertiary/aromatic N) is 2. The lowest BCUT2D eigenvalue weighted by Crippen LogP contribution is -1.92. The van der Waals surface area contributed by atoms with Crippen molar-refractivity contribution in [3.63, 3.8) is 0 Å². The Balaban J connectivity index is 0.00000210. The Bertz CT molecular complexity index is 1170. The second-order valence-electron chi connectivity index (χ2n) is 5.89. The maximum atomic E-state index is 14.4. The molecule has 3 aromatic carbocycles. The highest BCUT2D eigenvalue weighted by molar-refractivity contribution is 6.31. The van der Waals surface area contributed by atoms with E-state index in [9.17, 15) is 4.39 Å². The number of pyridine rings is 1. The van der Waals surface area contributed by atoms with Gasteiger partial charge in [-0.1, -0.05) is 41.9 Å². The van der Waals surface area contributed by atoms with Crippen molar-refractivity contribution in [1.29, 1.82) is 5.26 Å². The first-order chi connectivity index (χ1) is 12.7. The van der Waals surface area contributed by atoms with Crippen LogP contribution < -0.4 is 0 Å². The maximum absolute atomic E-state index is 14.4. The zero-order valence-electron chi connectivity index (χ0n) is 14.0. The van der Waals surface area contributed by atoms with Crippen molar-refractivity contribution in [2.75, 3.05) is 0 Å². The lowest BCUT2D eigenvalue weighted by atomic mass is 9.97. The molecule has 0 aliphatic heterocycles. The van der Waals surface area contributed by atoms with Crippen molar-refractivity contribution >= 4 is 34.9 Å². The lowest BCUT2D eigenvalue weighted by Gasteiger charge is -2.11. The molecular weight excluding hydrogens is 382 g/mol. The molecule has 2 nitrogen and oxygen atoms in total. The van der Waals surface area contributed by atoms with E-state index in [0.29, 0.717) is 21.8 Å². The number of rotatable bonds is 2. The monoisotopic (exact) mass is 394 g/mol. The van der Waals surface area contributed by atoms with Crippen molar-refractivity contribution in [2.24, 2.45) is 0 Å². The van der Waals surface area contributed by atoms with E-state index in [0.717, 1.165) is 22.0 Å². The number of benzene rings is 3. The van der Waals surface area contributed by atoms with Crippen LogP contribution in [0.3, 0.4) is 0 Å². The molecule has 0 fully saturated rings. The second-order valence-corrected chi connectivity index (χ2v) is 6.32.